The number of ketones is 1. The van der Waals surface area contributed by atoms with Crippen molar-refractivity contribution < 1.29 is 34.4 Å². The van der Waals surface area contributed by atoms with Gasteiger partial charge in [0.05, 0.1) is 11.3 Å². The maximum atomic E-state index is 12.3. The highest BCUT2D eigenvalue weighted by Crippen LogP contribution is 2.44. The molecule has 0 saturated carbocycles. The molecule has 1 amide bonds. The number of aliphatic hydroxyl groups excluding tert-OH is 2. The monoisotopic (exact) mass is 495 g/mol. The van der Waals surface area contributed by atoms with Gasteiger partial charge in [-0.15, -0.1) is 11.3 Å². The standard InChI is InChI=1S/C26H25NO7S/c28-20(9-12-24(30)31)22-10-11-23(35-22)25(32)21(29)13-27-26(33)34-14-19-17-7-3-1-5-15(17)16-6-2-4-8-18(16)19/h1-8,10-11,19,21,25,29,32H,9,12-14H2,(H,27,33)(H,30,31). The minimum atomic E-state index is -1.32. The van der Waals surface area contributed by atoms with Crippen LogP contribution in [0.15, 0.2) is 60.7 Å². The predicted molar refractivity (Wildman–Crippen MR) is 130 cm³/mol. The molecule has 1 aliphatic carbocycles. The number of aliphatic hydroxyl groups is 2. The summed E-state index contributed by atoms with van der Waals surface area (Å²) in [4.78, 5) is 35.6. The highest BCUT2D eigenvalue weighted by Gasteiger charge is 2.29. The van der Waals surface area contributed by atoms with Crippen LogP contribution in [0, 0.1) is 0 Å². The van der Waals surface area contributed by atoms with E-state index in [4.69, 9.17) is 9.84 Å². The quantitative estimate of drug-likeness (QED) is 0.315. The van der Waals surface area contributed by atoms with E-state index in [0.717, 1.165) is 33.6 Å². The lowest BCUT2D eigenvalue weighted by Crippen LogP contribution is -2.36. The van der Waals surface area contributed by atoms with E-state index in [2.05, 4.69) is 5.32 Å². The minimum absolute atomic E-state index is 0.0909. The van der Waals surface area contributed by atoms with Crippen LogP contribution in [0.3, 0.4) is 0 Å². The van der Waals surface area contributed by atoms with Crippen LogP contribution in [-0.4, -0.2) is 52.4 Å². The predicted octanol–water partition coefficient (Wildman–Crippen LogP) is 3.73. The molecule has 0 fully saturated rings. The zero-order chi connectivity index (χ0) is 24.9. The van der Waals surface area contributed by atoms with Crippen LogP contribution in [0.4, 0.5) is 4.79 Å². The van der Waals surface area contributed by atoms with Crippen LogP contribution >= 0.6 is 11.3 Å². The first-order valence-corrected chi connectivity index (χ1v) is 12.0. The van der Waals surface area contributed by atoms with E-state index in [1.54, 1.807) is 0 Å². The molecule has 0 bridgehead atoms. The van der Waals surface area contributed by atoms with E-state index in [1.807, 2.05) is 48.5 Å². The first-order chi connectivity index (χ1) is 16.8. The number of Topliss-reactive ketones (excluding diaryl/α,β-unsaturated/α-hetero) is 1. The van der Waals surface area contributed by atoms with Gasteiger partial charge in [0.1, 0.15) is 18.8 Å². The summed E-state index contributed by atoms with van der Waals surface area (Å²) < 4.78 is 5.42. The van der Waals surface area contributed by atoms with Crippen molar-refractivity contribution in [1.82, 2.24) is 5.32 Å². The van der Waals surface area contributed by atoms with E-state index in [0.29, 0.717) is 9.75 Å². The van der Waals surface area contributed by atoms with Crippen LogP contribution in [-0.2, 0) is 9.53 Å². The highest BCUT2D eigenvalue weighted by atomic mass is 32.1. The Morgan fingerprint density at radius 1 is 0.914 bits per heavy atom. The molecule has 1 aliphatic rings. The van der Waals surface area contributed by atoms with Crippen molar-refractivity contribution in [2.24, 2.45) is 0 Å². The molecular formula is C26H25NO7S. The zero-order valence-corrected chi connectivity index (χ0v) is 19.5. The summed E-state index contributed by atoms with van der Waals surface area (Å²) in [7, 11) is 0. The number of alkyl carbamates (subject to hydrolysis) is 1. The molecule has 35 heavy (non-hydrogen) atoms. The third-order valence-electron chi connectivity index (χ3n) is 5.92. The van der Waals surface area contributed by atoms with Crippen molar-refractivity contribution in [3.05, 3.63) is 81.5 Å². The van der Waals surface area contributed by atoms with E-state index in [-0.39, 0.29) is 37.7 Å². The highest BCUT2D eigenvalue weighted by molar-refractivity contribution is 7.14. The van der Waals surface area contributed by atoms with Gasteiger partial charge in [-0.2, -0.15) is 0 Å². The number of hydrogen-bond donors (Lipinski definition) is 4. The molecule has 3 aromatic rings. The fourth-order valence-electron chi connectivity index (χ4n) is 4.14. The van der Waals surface area contributed by atoms with Crippen molar-refractivity contribution in [2.75, 3.05) is 13.2 Å². The van der Waals surface area contributed by atoms with Crippen molar-refractivity contribution in [1.29, 1.82) is 0 Å². The van der Waals surface area contributed by atoms with Crippen LogP contribution in [0.2, 0.25) is 0 Å². The summed E-state index contributed by atoms with van der Waals surface area (Å²) in [5.74, 6) is -1.50. The van der Waals surface area contributed by atoms with Gasteiger partial charge < -0.3 is 25.4 Å². The van der Waals surface area contributed by atoms with Gasteiger partial charge in [0.15, 0.2) is 5.78 Å². The van der Waals surface area contributed by atoms with E-state index < -0.39 is 24.3 Å². The lowest BCUT2D eigenvalue weighted by Gasteiger charge is -2.18. The zero-order valence-electron chi connectivity index (χ0n) is 18.7. The lowest BCUT2D eigenvalue weighted by atomic mass is 9.98. The number of carbonyl (C=O) groups excluding carboxylic acids is 2. The number of thiophene rings is 1. The summed E-state index contributed by atoms with van der Waals surface area (Å²) in [5.41, 5.74) is 4.41. The summed E-state index contributed by atoms with van der Waals surface area (Å²) in [6, 6.07) is 19.0. The van der Waals surface area contributed by atoms with Gasteiger partial charge in [0, 0.05) is 23.8 Å². The largest absolute Gasteiger partial charge is 0.481 e. The molecule has 1 aromatic heterocycles. The van der Waals surface area contributed by atoms with Crippen molar-refractivity contribution in [3.8, 4) is 11.1 Å². The second kappa shape index (κ2) is 10.8. The van der Waals surface area contributed by atoms with Crippen molar-refractivity contribution in [2.45, 2.75) is 31.0 Å². The van der Waals surface area contributed by atoms with Gasteiger partial charge >= 0.3 is 12.1 Å². The fourth-order valence-corrected chi connectivity index (χ4v) is 5.16. The number of carboxylic acid groups (broad SMARTS) is 1. The molecule has 0 radical (unpaired) electrons. The maximum Gasteiger partial charge on any atom is 0.407 e. The van der Waals surface area contributed by atoms with E-state index in [9.17, 15) is 24.6 Å². The minimum Gasteiger partial charge on any atom is -0.481 e. The molecule has 4 rings (SSSR count). The average Bonchev–Trinajstić information content (AvgIpc) is 3.48. The van der Waals surface area contributed by atoms with Crippen LogP contribution < -0.4 is 5.32 Å². The van der Waals surface area contributed by atoms with Crippen LogP contribution in [0.5, 0.6) is 0 Å². The Labute approximate surface area is 205 Å². The SMILES string of the molecule is O=C(O)CCC(=O)c1ccc(C(O)C(O)CNC(=O)OCC2c3ccccc3-c3ccccc32)s1. The van der Waals surface area contributed by atoms with Crippen LogP contribution in [0.25, 0.3) is 11.1 Å². The molecule has 0 saturated heterocycles. The summed E-state index contributed by atoms with van der Waals surface area (Å²) >= 11 is 0.981. The Balaban J connectivity index is 1.29. The van der Waals surface area contributed by atoms with Gasteiger partial charge in [-0.05, 0) is 34.4 Å². The van der Waals surface area contributed by atoms with Gasteiger partial charge in [0.2, 0.25) is 0 Å². The molecule has 182 valence electrons. The van der Waals surface area contributed by atoms with Gasteiger partial charge in [-0.3, -0.25) is 9.59 Å². The molecular weight excluding hydrogens is 470 g/mol. The lowest BCUT2D eigenvalue weighted by molar-refractivity contribution is -0.136. The number of amides is 1. The van der Waals surface area contributed by atoms with Gasteiger partial charge in [-0.25, -0.2) is 4.79 Å². The molecule has 8 nitrogen and oxygen atoms in total. The Hall–Kier alpha value is -3.53. The average molecular weight is 496 g/mol. The van der Waals surface area contributed by atoms with Crippen molar-refractivity contribution in [3.63, 3.8) is 0 Å². The van der Waals surface area contributed by atoms with Crippen molar-refractivity contribution >= 4 is 29.2 Å². The summed E-state index contributed by atoms with van der Waals surface area (Å²) in [6.45, 7) is -0.122. The molecule has 2 atom stereocenters. The second-order valence-corrected chi connectivity index (χ2v) is 9.35. The number of carboxylic acids is 1. The number of ether oxygens (including phenoxy) is 1. The number of carbonyl (C=O) groups is 3. The normalized spacial score (nSPS) is 14.0. The van der Waals surface area contributed by atoms with E-state index >= 15 is 0 Å². The number of benzene rings is 2. The van der Waals surface area contributed by atoms with Gasteiger partial charge in [-0.1, -0.05) is 48.5 Å². The molecule has 2 unspecified atom stereocenters. The number of aliphatic carboxylic acids is 1. The Kier molecular flexibility index (Phi) is 7.60. The molecule has 0 spiro atoms. The fraction of sp³-hybridized carbons (Fsp3) is 0.269. The smallest absolute Gasteiger partial charge is 0.407 e. The number of fused-ring (bicyclic) bond motifs is 3. The second-order valence-electron chi connectivity index (χ2n) is 8.24. The molecule has 9 heteroatoms. The number of hydrogen-bond acceptors (Lipinski definition) is 7. The van der Waals surface area contributed by atoms with Gasteiger partial charge in [0.25, 0.3) is 0 Å². The first kappa shape index (κ1) is 24.6. The Morgan fingerprint density at radius 2 is 1.54 bits per heavy atom. The third-order valence-corrected chi connectivity index (χ3v) is 7.12. The maximum absolute atomic E-state index is 12.3. The Morgan fingerprint density at radius 3 is 2.17 bits per heavy atom. The summed E-state index contributed by atoms with van der Waals surface area (Å²) in [6.07, 6.45) is -3.78. The van der Waals surface area contributed by atoms with E-state index in [1.165, 1.54) is 12.1 Å². The van der Waals surface area contributed by atoms with Crippen LogP contribution in [0.1, 0.15) is 50.5 Å². The molecule has 0 aliphatic heterocycles. The Bertz CT molecular complexity index is 1190. The number of nitrogens with one attached hydrogen (secondary N) is 1. The molecule has 4 N–H and O–H groups in total. The molecule has 1 heterocycles. The first-order valence-electron chi connectivity index (χ1n) is 11.1. The topological polar surface area (TPSA) is 133 Å². The number of rotatable bonds is 10. The molecule has 2 aromatic carbocycles. The summed E-state index contributed by atoms with van der Waals surface area (Å²) in [5, 5.41) is 31.9. The third kappa shape index (κ3) is 5.59.